The third kappa shape index (κ3) is 4.20. The van der Waals surface area contributed by atoms with Crippen molar-refractivity contribution in [2.45, 2.75) is 19.4 Å². The van der Waals surface area contributed by atoms with Gasteiger partial charge in [-0.15, -0.1) is 0 Å². The number of hydrogen-bond donors (Lipinski definition) is 2. The lowest BCUT2D eigenvalue weighted by Crippen LogP contribution is -2.45. The number of carbonyl (C=O) groups excluding carboxylic acids is 2. The van der Waals surface area contributed by atoms with E-state index in [0.29, 0.717) is 39.3 Å². The van der Waals surface area contributed by atoms with Gasteiger partial charge in [0, 0.05) is 31.7 Å². The lowest BCUT2D eigenvalue weighted by Gasteiger charge is -2.21. The smallest absolute Gasteiger partial charge is 0.336 e. The van der Waals surface area contributed by atoms with Crippen molar-refractivity contribution < 1.29 is 14.3 Å². The van der Waals surface area contributed by atoms with Crippen LogP contribution in [0.15, 0.2) is 24.3 Å². The van der Waals surface area contributed by atoms with Gasteiger partial charge in [-0.25, -0.2) is 10.2 Å². The summed E-state index contributed by atoms with van der Waals surface area (Å²) in [6.07, 6.45) is 1.57. The average Bonchev–Trinajstić information content (AvgIpc) is 2.79. The van der Waals surface area contributed by atoms with Crippen LogP contribution < -0.4 is 10.7 Å². The number of likely N-dealkylation sites (tertiary alicyclic amines) is 1. The van der Waals surface area contributed by atoms with Crippen LogP contribution in [0.5, 0.6) is 0 Å². The minimum absolute atomic E-state index is 0.202. The van der Waals surface area contributed by atoms with Crippen molar-refractivity contribution in [2.75, 3.05) is 38.2 Å². The molecule has 0 aromatic heterocycles. The molecule has 1 aromatic rings. The standard InChI is InChI=1S/C16H22N4O3/c21-15-5-2-7-19(15)12-13-3-1-4-14(11-13)18-16(22)20-8-10-23-9-6-17-20/h1,3-4,11,17H,2,5-10,12H2,(H,18,22). The molecule has 2 fully saturated rings. The maximum Gasteiger partial charge on any atom is 0.336 e. The van der Waals surface area contributed by atoms with Crippen LogP contribution in [0.4, 0.5) is 10.5 Å². The molecule has 2 aliphatic rings. The second-order valence-corrected chi connectivity index (χ2v) is 5.72. The van der Waals surface area contributed by atoms with Crippen LogP contribution >= 0.6 is 0 Å². The van der Waals surface area contributed by atoms with Gasteiger partial charge in [0.25, 0.3) is 0 Å². The normalized spacial score (nSPS) is 18.9. The first-order valence-corrected chi connectivity index (χ1v) is 7.99. The average molecular weight is 318 g/mol. The Morgan fingerprint density at radius 1 is 1.30 bits per heavy atom. The molecule has 0 saturated carbocycles. The molecule has 1 aromatic carbocycles. The van der Waals surface area contributed by atoms with Crippen molar-refractivity contribution >= 4 is 17.6 Å². The van der Waals surface area contributed by atoms with Crippen molar-refractivity contribution in [3.05, 3.63) is 29.8 Å². The van der Waals surface area contributed by atoms with E-state index in [1.165, 1.54) is 5.01 Å². The highest BCUT2D eigenvalue weighted by molar-refractivity contribution is 5.89. The van der Waals surface area contributed by atoms with Crippen molar-refractivity contribution in [3.63, 3.8) is 0 Å². The van der Waals surface area contributed by atoms with E-state index in [1.807, 2.05) is 29.2 Å². The second kappa shape index (κ2) is 7.43. The van der Waals surface area contributed by atoms with Gasteiger partial charge < -0.3 is 15.0 Å². The van der Waals surface area contributed by atoms with E-state index in [9.17, 15) is 9.59 Å². The molecule has 2 aliphatic heterocycles. The molecule has 2 saturated heterocycles. The van der Waals surface area contributed by atoms with Gasteiger partial charge in [-0.2, -0.15) is 0 Å². The Bertz CT molecular complexity index is 570. The minimum atomic E-state index is -0.204. The number of benzene rings is 1. The third-order valence-corrected chi connectivity index (χ3v) is 3.98. The zero-order valence-electron chi connectivity index (χ0n) is 13.1. The number of urea groups is 1. The first-order chi connectivity index (χ1) is 11.2. The van der Waals surface area contributed by atoms with E-state index in [-0.39, 0.29) is 11.9 Å². The topological polar surface area (TPSA) is 73.9 Å². The summed E-state index contributed by atoms with van der Waals surface area (Å²) in [4.78, 5) is 25.8. The van der Waals surface area contributed by atoms with E-state index in [4.69, 9.17) is 4.74 Å². The monoisotopic (exact) mass is 318 g/mol. The van der Waals surface area contributed by atoms with Crippen molar-refractivity contribution in [1.29, 1.82) is 0 Å². The Morgan fingerprint density at radius 2 is 2.22 bits per heavy atom. The Balaban J connectivity index is 1.60. The number of hydrazine groups is 1. The Morgan fingerprint density at radius 3 is 3.04 bits per heavy atom. The number of nitrogens with one attached hydrogen (secondary N) is 2. The molecule has 0 spiro atoms. The van der Waals surface area contributed by atoms with E-state index >= 15 is 0 Å². The second-order valence-electron chi connectivity index (χ2n) is 5.72. The van der Waals surface area contributed by atoms with Crippen LogP contribution in [-0.4, -0.2) is 54.7 Å². The molecule has 0 atom stereocenters. The molecule has 3 amide bonds. The first-order valence-electron chi connectivity index (χ1n) is 7.99. The molecule has 3 rings (SSSR count). The Labute approximate surface area is 135 Å². The summed E-state index contributed by atoms with van der Waals surface area (Å²) in [5.41, 5.74) is 4.77. The van der Waals surface area contributed by atoms with Gasteiger partial charge in [0.2, 0.25) is 5.91 Å². The van der Waals surface area contributed by atoms with E-state index in [0.717, 1.165) is 24.2 Å². The van der Waals surface area contributed by atoms with Gasteiger partial charge >= 0.3 is 6.03 Å². The SMILES string of the molecule is O=C1CCCN1Cc1cccc(NC(=O)N2CCOCCN2)c1. The van der Waals surface area contributed by atoms with Gasteiger partial charge in [-0.1, -0.05) is 12.1 Å². The summed E-state index contributed by atoms with van der Waals surface area (Å²) in [5, 5.41) is 4.41. The van der Waals surface area contributed by atoms with E-state index in [1.54, 1.807) is 0 Å². The van der Waals surface area contributed by atoms with Crippen LogP contribution in [-0.2, 0) is 16.1 Å². The van der Waals surface area contributed by atoms with Crippen LogP contribution in [0.2, 0.25) is 0 Å². The lowest BCUT2D eigenvalue weighted by molar-refractivity contribution is -0.128. The van der Waals surface area contributed by atoms with E-state index in [2.05, 4.69) is 10.7 Å². The molecule has 7 heteroatoms. The zero-order valence-corrected chi connectivity index (χ0v) is 13.1. The highest BCUT2D eigenvalue weighted by atomic mass is 16.5. The summed E-state index contributed by atoms with van der Waals surface area (Å²) < 4.78 is 5.31. The van der Waals surface area contributed by atoms with Crippen molar-refractivity contribution in [2.24, 2.45) is 0 Å². The van der Waals surface area contributed by atoms with E-state index < -0.39 is 0 Å². The highest BCUT2D eigenvalue weighted by Crippen LogP contribution is 2.17. The molecule has 2 N–H and O–H groups in total. The number of carbonyl (C=O) groups is 2. The quantitative estimate of drug-likeness (QED) is 0.877. The summed E-state index contributed by atoms with van der Waals surface area (Å²) >= 11 is 0. The summed E-state index contributed by atoms with van der Waals surface area (Å²) in [6, 6.07) is 7.42. The Hall–Kier alpha value is -2.12. The fourth-order valence-corrected chi connectivity index (χ4v) is 2.79. The predicted molar refractivity (Wildman–Crippen MR) is 85.6 cm³/mol. The molecule has 0 radical (unpaired) electrons. The number of amides is 3. The summed E-state index contributed by atoms with van der Waals surface area (Å²) in [7, 11) is 0. The van der Waals surface area contributed by atoms with Gasteiger partial charge in [0.15, 0.2) is 0 Å². The summed E-state index contributed by atoms with van der Waals surface area (Å²) in [5.74, 6) is 0.202. The summed E-state index contributed by atoms with van der Waals surface area (Å²) in [6.45, 7) is 3.66. The largest absolute Gasteiger partial charge is 0.378 e. The maximum absolute atomic E-state index is 12.3. The molecule has 2 heterocycles. The third-order valence-electron chi connectivity index (χ3n) is 3.98. The maximum atomic E-state index is 12.3. The fraction of sp³-hybridized carbons (Fsp3) is 0.500. The molecule has 0 unspecified atom stereocenters. The fourth-order valence-electron chi connectivity index (χ4n) is 2.79. The number of anilines is 1. The van der Waals surface area contributed by atoms with Gasteiger partial charge in [-0.05, 0) is 24.1 Å². The minimum Gasteiger partial charge on any atom is -0.378 e. The van der Waals surface area contributed by atoms with Crippen molar-refractivity contribution in [1.82, 2.24) is 15.3 Å². The number of ether oxygens (including phenoxy) is 1. The highest BCUT2D eigenvalue weighted by Gasteiger charge is 2.20. The van der Waals surface area contributed by atoms with Gasteiger partial charge in [0.1, 0.15) is 0 Å². The molecule has 7 nitrogen and oxygen atoms in total. The lowest BCUT2D eigenvalue weighted by atomic mass is 10.2. The van der Waals surface area contributed by atoms with Crippen LogP contribution in [0, 0.1) is 0 Å². The zero-order chi connectivity index (χ0) is 16.1. The molecule has 0 bridgehead atoms. The molecular weight excluding hydrogens is 296 g/mol. The molecular formula is C16H22N4O3. The van der Waals surface area contributed by atoms with Crippen molar-refractivity contribution in [3.8, 4) is 0 Å². The Kier molecular flexibility index (Phi) is 5.09. The van der Waals surface area contributed by atoms with Crippen LogP contribution in [0.3, 0.4) is 0 Å². The molecule has 124 valence electrons. The van der Waals surface area contributed by atoms with Crippen LogP contribution in [0.1, 0.15) is 18.4 Å². The van der Waals surface area contributed by atoms with Gasteiger partial charge in [-0.3, -0.25) is 9.80 Å². The number of hydrogen-bond acceptors (Lipinski definition) is 4. The number of nitrogens with zero attached hydrogens (tertiary/aromatic N) is 2. The van der Waals surface area contributed by atoms with Gasteiger partial charge in [0.05, 0.1) is 19.8 Å². The first kappa shape index (κ1) is 15.8. The predicted octanol–water partition coefficient (Wildman–Crippen LogP) is 1.18. The number of rotatable bonds is 3. The molecule has 0 aliphatic carbocycles. The van der Waals surface area contributed by atoms with Crippen LogP contribution in [0.25, 0.3) is 0 Å². The molecule has 23 heavy (non-hydrogen) atoms.